The van der Waals surface area contributed by atoms with Gasteiger partial charge in [0.1, 0.15) is 17.4 Å². The van der Waals surface area contributed by atoms with Gasteiger partial charge in [-0.3, -0.25) is 4.79 Å². The largest absolute Gasteiger partial charge is 0.491 e. The molecule has 0 aliphatic heterocycles. The van der Waals surface area contributed by atoms with Gasteiger partial charge < -0.3 is 10.1 Å². The molecule has 0 aliphatic rings. The van der Waals surface area contributed by atoms with Crippen LogP contribution in [0.1, 0.15) is 6.42 Å². The maximum Gasteiger partial charge on any atom is 0.227 e. The first-order valence-corrected chi connectivity index (χ1v) is 6.56. The van der Waals surface area contributed by atoms with Crippen LogP contribution in [0.2, 0.25) is 5.02 Å². The van der Waals surface area contributed by atoms with Crippen LogP contribution in [-0.2, 0) is 4.79 Å². The maximum absolute atomic E-state index is 13.3. The van der Waals surface area contributed by atoms with E-state index in [4.69, 9.17) is 16.3 Å². The molecule has 0 fully saturated rings. The minimum Gasteiger partial charge on any atom is -0.491 e. The highest BCUT2D eigenvalue weighted by Gasteiger charge is 2.08. The third-order valence-electron chi connectivity index (χ3n) is 2.63. The number of nitrogens with one attached hydrogen (secondary N) is 1. The van der Waals surface area contributed by atoms with Crippen molar-refractivity contribution < 1.29 is 18.3 Å². The molecule has 1 N–H and O–H groups in total. The number of hydrogen-bond donors (Lipinski definition) is 1. The predicted molar refractivity (Wildman–Crippen MR) is 76.6 cm³/mol. The van der Waals surface area contributed by atoms with Crippen molar-refractivity contribution in [2.45, 2.75) is 6.42 Å². The van der Waals surface area contributed by atoms with E-state index in [9.17, 15) is 13.6 Å². The number of benzene rings is 2. The second kappa shape index (κ2) is 7.04. The van der Waals surface area contributed by atoms with Gasteiger partial charge in [-0.1, -0.05) is 23.7 Å². The Morgan fingerprint density at radius 3 is 2.67 bits per heavy atom. The highest BCUT2D eigenvalue weighted by atomic mass is 35.5. The minimum absolute atomic E-state index is 0.0159. The van der Waals surface area contributed by atoms with E-state index in [0.29, 0.717) is 0 Å². The Bertz CT molecular complexity index is 649. The molecule has 0 heterocycles. The van der Waals surface area contributed by atoms with Crippen molar-refractivity contribution in [2.24, 2.45) is 0 Å². The zero-order chi connectivity index (χ0) is 15.2. The minimum atomic E-state index is -0.506. The number of rotatable bonds is 5. The summed E-state index contributed by atoms with van der Waals surface area (Å²) in [6.07, 6.45) is 0.0159. The van der Waals surface area contributed by atoms with E-state index in [1.165, 1.54) is 30.3 Å². The second-order valence-electron chi connectivity index (χ2n) is 4.20. The van der Waals surface area contributed by atoms with Crippen molar-refractivity contribution in [2.75, 3.05) is 11.9 Å². The number of hydrogen-bond acceptors (Lipinski definition) is 2. The molecule has 2 aromatic rings. The number of halogens is 3. The summed E-state index contributed by atoms with van der Waals surface area (Å²) in [4.78, 5) is 11.6. The van der Waals surface area contributed by atoms with Crippen LogP contribution in [-0.4, -0.2) is 12.5 Å². The Kier molecular flexibility index (Phi) is 5.11. The smallest absolute Gasteiger partial charge is 0.227 e. The number of anilines is 1. The van der Waals surface area contributed by atoms with Gasteiger partial charge in [-0.05, 0) is 30.3 Å². The molecule has 0 aromatic heterocycles. The SMILES string of the molecule is O=C(CCOc1ccc(F)cc1Cl)Nc1ccccc1F. The molecule has 0 radical (unpaired) electrons. The highest BCUT2D eigenvalue weighted by Crippen LogP contribution is 2.24. The van der Waals surface area contributed by atoms with Gasteiger partial charge in [0, 0.05) is 0 Å². The third kappa shape index (κ3) is 4.43. The molecule has 0 aliphatic carbocycles. The third-order valence-corrected chi connectivity index (χ3v) is 2.92. The van der Waals surface area contributed by atoms with Crippen LogP contribution in [0.25, 0.3) is 0 Å². The molecule has 0 spiro atoms. The first kappa shape index (κ1) is 15.3. The van der Waals surface area contributed by atoms with Crippen molar-refractivity contribution in [3.05, 3.63) is 59.1 Å². The molecule has 0 atom stereocenters. The number of carbonyl (C=O) groups excluding carboxylic acids is 1. The quantitative estimate of drug-likeness (QED) is 0.905. The van der Waals surface area contributed by atoms with E-state index in [1.807, 2.05) is 0 Å². The van der Waals surface area contributed by atoms with Crippen molar-refractivity contribution in [1.82, 2.24) is 0 Å². The van der Waals surface area contributed by atoms with Crippen LogP contribution >= 0.6 is 11.6 Å². The lowest BCUT2D eigenvalue weighted by atomic mass is 10.3. The van der Waals surface area contributed by atoms with Crippen LogP contribution < -0.4 is 10.1 Å². The monoisotopic (exact) mass is 311 g/mol. The fraction of sp³-hybridized carbons (Fsp3) is 0.133. The van der Waals surface area contributed by atoms with Crippen molar-refractivity contribution >= 4 is 23.2 Å². The summed E-state index contributed by atoms with van der Waals surface area (Å²) in [5.74, 6) is -1.08. The van der Waals surface area contributed by atoms with Crippen LogP contribution in [0, 0.1) is 11.6 Å². The van der Waals surface area contributed by atoms with Gasteiger partial charge in [-0.15, -0.1) is 0 Å². The molecular formula is C15H12ClF2NO2. The van der Waals surface area contributed by atoms with Crippen LogP contribution in [0.4, 0.5) is 14.5 Å². The molecule has 2 aromatic carbocycles. The van der Waals surface area contributed by atoms with E-state index in [0.717, 1.165) is 6.07 Å². The summed E-state index contributed by atoms with van der Waals surface area (Å²) in [6, 6.07) is 9.58. The number of amides is 1. The Labute approximate surface area is 125 Å². The summed E-state index contributed by atoms with van der Waals surface area (Å²) in [6.45, 7) is 0.0473. The van der Waals surface area contributed by atoms with Gasteiger partial charge in [0.25, 0.3) is 0 Å². The fourth-order valence-electron chi connectivity index (χ4n) is 1.62. The number of carbonyl (C=O) groups is 1. The van der Waals surface area contributed by atoms with Crippen molar-refractivity contribution in [3.63, 3.8) is 0 Å². The first-order valence-electron chi connectivity index (χ1n) is 6.18. The molecule has 0 unspecified atom stereocenters. The zero-order valence-electron chi connectivity index (χ0n) is 10.9. The summed E-state index contributed by atoms with van der Waals surface area (Å²) >= 11 is 5.78. The maximum atomic E-state index is 13.3. The summed E-state index contributed by atoms with van der Waals surface area (Å²) < 4.78 is 31.4. The van der Waals surface area contributed by atoms with Crippen molar-refractivity contribution in [1.29, 1.82) is 0 Å². The normalized spacial score (nSPS) is 10.2. The van der Waals surface area contributed by atoms with Gasteiger partial charge in [-0.2, -0.15) is 0 Å². The summed E-state index contributed by atoms with van der Waals surface area (Å²) in [7, 11) is 0. The molecule has 6 heteroatoms. The van der Waals surface area contributed by atoms with Crippen LogP contribution in [0.3, 0.4) is 0 Å². The second-order valence-corrected chi connectivity index (χ2v) is 4.61. The Morgan fingerprint density at radius 2 is 1.95 bits per heavy atom. The molecule has 1 amide bonds. The molecular weight excluding hydrogens is 300 g/mol. The van der Waals surface area contributed by atoms with Gasteiger partial charge in [-0.25, -0.2) is 8.78 Å². The van der Waals surface area contributed by atoms with Crippen LogP contribution in [0.5, 0.6) is 5.75 Å². The summed E-state index contributed by atoms with van der Waals surface area (Å²) in [5, 5.41) is 2.56. The standard InChI is InChI=1S/C15H12ClF2NO2/c16-11-9-10(17)5-6-14(11)21-8-7-15(20)19-13-4-2-1-3-12(13)18/h1-6,9H,7-8H2,(H,19,20). The molecule has 0 saturated carbocycles. The van der Waals surface area contributed by atoms with Crippen LogP contribution in [0.15, 0.2) is 42.5 Å². The van der Waals surface area contributed by atoms with E-state index in [1.54, 1.807) is 6.07 Å². The van der Waals surface area contributed by atoms with E-state index in [-0.39, 0.29) is 29.5 Å². The molecule has 21 heavy (non-hydrogen) atoms. The van der Waals surface area contributed by atoms with E-state index in [2.05, 4.69) is 5.32 Å². The number of para-hydroxylation sites is 1. The average molecular weight is 312 g/mol. The molecule has 110 valence electrons. The zero-order valence-corrected chi connectivity index (χ0v) is 11.7. The molecule has 3 nitrogen and oxygen atoms in total. The average Bonchev–Trinajstić information content (AvgIpc) is 2.44. The lowest BCUT2D eigenvalue weighted by Gasteiger charge is -2.09. The first-order chi connectivity index (χ1) is 10.1. The topological polar surface area (TPSA) is 38.3 Å². The van der Waals surface area contributed by atoms with Gasteiger partial charge >= 0.3 is 0 Å². The highest BCUT2D eigenvalue weighted by molar-refractivity contribution is 6.32. The molecule has 0 saturated heterocycles. The Balaban J connectivity index is 1.83. The fourth-order valence-corrected chi connectivity index (χ4v) is 1.84. The van der Waals surface area contributed by atoms with Gasteiger partial charge in [0.15, 0.2) is 0 Å². The van der Waals surface area contributed by atoms with Gasteiger partial charge in [0.2, 0.25) is 5.91 Å². The summed E-state index contributed by atoms with van der Waals surface area (Å²) in [5.41, 5.74) is 0.113. The number of ether oxygens (including phenoxy) is 1. The predicted octanol–water partition coefficient (Wildman–Crippen LogP) is 4.03. The Morgan fingerprint density at radius 1 is 1.19 bits per heavy atom. The van der Waals surface area contributed by atoms with Gasteiger partial charge in [0.05, 0.1) is 23.7 Å². The lowest BCUT2D eigenvalue weighted by Crippen LogP contribution is -2.16. The Hall–Kier alpha value is -2.14. The van der Waals surface area contributed by atoms with Crippen molar-refractivity contribution in [3.8, 4) is 5.75 Å². The molecule has 0 bridgehead atoms. The van der Waals surface area contributed by atoms with E-state index >= 15 is 0 Å². The lowest BCUT2D eigenvalue weighted by molar-refractivity contribution is -0.116. The van der Waals surface area contributed by atoms with E-state index < -0.39 is 17.5 Å². The molecule has 2 rings (SSSR count).